The van der Waals surface area contributed by atoms with E-state index in [9.17, 15) is 17.6 Å². The summed E-state index contributed by atoms with van der Waals surface area (Å²) in [5.74, 6) is -1.14. The predicted octanol–water partition coefficient (Wildman–Crippen LogP) is 1.14. The molecule has 0 aliphatic rings. The molecule has 1 N–H and O–H groups in total. The minimum absolute atomic E-state index is 0.185. The fourth-order valence-corrected chi connectivity index (χ4v) is 2.66. The summed E-state index contributed by atoms with van der Waals surface area (Å²) in [5.41, 5.74) is 3.10. The number of anilines is 1. The Hall–Kier alpha value is -2.81. The largest absolute Gasteiger partial charge is 0.271 e. The summed E-state index contributed by atoms with van der Waals surface area (Å²) < 4.78 is 37.5. The first-order chi connectivity index (χ1) is 11.4. The van der Waals surface area contributed by atoms with E-state index in [1.807, 2.05) is 0 Å². The molecule has 0 radical (unpaired) electrons. The van der Waals surface area contributed by atoms with Crippen LogP contribution in [0.1, 0.15) is 5.56 Å². The van der Waals surface area contributed by atoms with Crippen molar-refractivity contribution in [1.29, 1.82) is 0 Å². The average Bonchev–Trinajstić information content (AvgIpc) is 2.54. The van der Waals surface area contributed by atoms with Crippen molar-refractivity contribution in [3.05, 3.63) is 60.2 Å². The van der Waals surface area contributed by atoms with E-state index in [1.165, 1.54) is 18.3 Å². The van der Waals surface area contributed by atoms with Crippen LogP contribution in [0.15, 0.2) is 53.9 Å². The summed E-state index contributed by atoms with van der Waals surface area (Å²) in [6, 6.07) is 8.25. The highest BCUT2D eigenvalue weighted by Crippen LogP contribution is 2.17. The Balaban J connectivity index is 2.05. The Bertz CT molecular complexity index is 824. The van der Waals surface area contributed by atoms with E-state index in [4.69, 9.17) is 0 Å². The van der Waals surface area contributed by atoms with Gasteiger partial charge in [0.25, 0.3) is 5.91 Å². The van der Waals surface area contributed by atoms with Crippen molar-refractivity contribution >= 4 is 27.8 Å². The molecule has 0 saturated carbocycles. The van der Waals surface area contributed by atoms with E-state index in [0.717, 1.165) is 22.7 Å². The maximum absolute atomic E-state index is 13.0. The van der Waals surface area contributed by atoms with E-state index in [-0.39, 0.29) is 5.69 Å². The Kier molecular flexibility index (Phi) is 5.59. The molecule has 0 aliphatic heterocycles. The lowest BCUT2D eigenvalue weighted by molar-refractivity contribution is -0.119. The Morgan fingerprint density at radius 2 is 2.04 bits per heavy atom. The summed E-state index contributed by atoms with van der Waals surface area (Å²) in [4.78, 5) is 15.8. The van der Waals surface area contributed by atoms with E-state index >= 15 is 0 Å². The number of benzene rings is 1. The molecule has 1 amide bonds. The second-order valence-electron chi connectivity index (χ2n) is 4.83. The van der Waals surface area contributed by atoms with Crippen molar-refractivity contribution < 1.29 is 17.6 Å². The number of hydrogen-bond donors (Lipinski definition) is 1. The first kappa shape index (κ1) is 17.5. The first-order valence-electron chi connectivity index (χ1n) is 6.81. The van der Waals surface area contributed by atoms with Crippen molar-refractivity contribution in [3.63, 3.8) is 0 Å². The van der Waals surface area contributed by atoms with Crippen molar-refractivity contribution in [3.8, 4) is 0 Å². The van der Waals surface area contributed by atoms with Crippen LogP contribution in [-0.2, 0) is 14.8 Å². The zero-order valence-corrected chi connectivity index (χ0v) is 13.6. The van der Waals surface area contributed by atoms with Crippen LogP contribution in [0.3, 0.4) is 0 Å². The van der Waals surface area contributed by atoms with E-state index < -0.39 is 28.3 Å². The molecular weight excluding hydrogens is 335 g/mol. The summed E-state index contributed by atoms with van der Waals surface area (Å²) >= 11 is 0. The lowest BCUT2D eigenvalue weighted by Gasteiger charge is -2.21. The number of nitrogens with one attached hydrogen (secondary N) is 1. The summed E-state index contributed by atoms with van der Waals surface area (Å²) in [6.45, 7) is -0.477. The number of pyridine rings is 1. The topological polar surface area (TPSA) is 91.7 Å². The number of nitrogens with zero attached hydrogens (tertiary/aromatic N) is 3. The van der Waals surface area contributed by atoms with Crippen LogP contribution < -0.4 is 9.73 Å². The van der Waals surface area contributed by atoms with Gasteiger partial charge in [-0.2, -0.15) is 5.10 Å². The van der Waals surface area contributed by atoms with E-state index in [0.29, 0.717) is 5.56 Å². The van der Waals surface area contributed by atoms with Crippen LogP contribution in [0.2, 0.25) is 0 Å². The number of aromatic nitrogens is 1. The van der Waals surface area contributed by atoms with E-state index in [2.05, 4.69) is 15.5 Å². The second kappa shape index (κ2) is 7.64. The maximum Gasteiger partial charge on any atom is 0.260 e. The molecule has 7 nitrogen and oxygen atoms in total. The van der Waals surface area contributed by atoms with Gasteiger partial charge in [0.15, 0.2) is 0 Å². The lowest BCUT2D eigenvalue weighted by atomic mass is 10.3. The van der Waals surface area contributed by atoms with E-state index in [1.54, 1.807) is 24.5 Å². The Morgan fingerprint density at radius 1 is 1.33 bits per heavy atom. The molecule has 0 aliphatic carbocycles. The van der Waals surface area contributed by atoms with Gasteiger partial charge in [-0.15, -0.1) is 0 Å². The van der Waals surface area contributed by atoms with Crippen LogP contribution in [0, 0.1) is 5.82 Å². The standard InChI is InChI=1S/C15H15FN4O3S/c1-24(22,23)20(14-6-4-13(16)5-7-14)11-15(21)19-18-10-12-3-2-8-17-9-12/h2-10H,11H2,1H3,(H,19,21)/b18-10-. The number of hydrazone groups is 1. The number of sulfonamides is 1. The number of halogens is 1. The fourth-order valence-electron chi connectivity index (χ4n) is 1.80. The molecule has 0 unspecified atom stereocenters. The van der Waals surface area contributed by atoms with Crippen molar-refractivity contribution in [2.24, 2.45) is 5.10 Å². The molecule has 0 atom stereocenters. The molecule has 0 fully saturated rings. The quantitative estimate of drug-likeness (QED) is 0.625. The van der Waals surface area contributed by atoms with Crippen molar-refractivity contribution in [2.45, 2.75) is 0 Å². The third-order valence-corrected chi connectivity index (χ3v) is 4.03. The number of hydrogen-bond acceptors (Lipinski definition) is 5. The Morgan fingerprint density at radius 3 is 2.62 bits per heavy atom. The zero-order chi connectivity index (χ0) is 17.6. The highest BCUT2D eigenvalue weighted by atomic mass is 32.2. The zero-order valence-electron chi connectivity index (χ0n) is 12.8. The van der Waals surface area contributed by atoms with Gasteiger partial charge in [0, 0.05) is 18.0 Å². The smallest absolute Gasteiger partial charge is 0.260 e. The minimum Gasteiger partial charge on any atom is -0.271 e. The predicted molar refractivity (Wildman–Crippen MR) is 88.6 cm³/mol. The molecule has 0 spiro atoms. The Labute approximate surface area is 138 Å². The molecular formula is C15H15FN4O3S. The molecule has 1 heterocycles. The molecule has 126 valence electrons. The molecule has 2 rings (SSSR count). The molecule has 1 aromatic heterocycles. The number of amides is 1. The van der Waals surface area contributed by atoms with Gasteiger partial charge in [-0.05, 0) is 30.3 Å². The van der Waals surface area contributed by atoms with Crippen LogP contribution in [0.5, 0.6) is 0 Å². The number of carbonyl (C=O) groups excluding carboxylic acids is 1. The highest BCUT2D eigenvalue weighted by molar-refractivity contribution is 7.92. The number of rotatable bonds is 6. The molecule has 0 saturated heterocycles. The summed E-state index contributed by atoms with van der Waals surface area (Å²) in [5, 5.41) is 3.74. The van der Waals surface area contributed by atoms with Gasteiger partial charge in [-0.1, -0.05) is 6.07 Å². The average molecular weight is 350 g/mol. The van der Waals surface area contributed by atoms with Crippen molar-refractivity contribution in [1.82, 2.24) is 10.4 Å². The third kappa shape index (κ3) is 5.13. The van der Waals surface area contributed by atoms with Gasteiger partial charge >= 0.3 is 0 Å². The van der Waals surface area contributed by atoms with Crippen LogP contribution in [-0.4, -0.2) is 38.3 Å². The summed E-state index contributed by atoms with van der Waals surface area (Å²) in [7, 11) is -3.71. The second-order valence-corrected chi connectivity index (χ2v) is 6.73. The van der Waals surface area contributed by atoms with Crippen molar-refractivity contribution in [2.75, 3.05) is 17.1 Å². The third-order valence-electron chi connectivity index (χ3n) is 2.89. The van der Waals surface area contributed by atoms with Crippen LogP contribution in [0.25, 0.3) is 0 Å². The fraction of sp³-hybridized carbons (Fsp3) is 0.133. The van der Waals surface area contributed by atoms with Gasteiger partial charge in [-0.3, -0.25) is 14.1 Å². The number of carbonyl (C=O) groups is 1. The van der Waals surface area contributed by atoms with Gasteiger partial charge in [0.05, 0.1) is 18.2 Å². The van der Waals surface area contributed by atoms with Gasteiger partial charge in [-0.25, -0.2) is 18.2 Å². The lowest BCUT2D eigenvalue weighted by Crippen LogP contribution is -2.39. The maximum atomic E-state index is 13.0. The monoisotopic (exact) mass is 350 g/mol. The highest BCUT2D eigenvalue weighted by Gasteiger charge is 2.20. The minimum atomic E-state index is -3.71. The molecule has 2 aromatic rings. The van der Waals surface area contributed by atoms with Crippen LogP contribution in [0.4, 0.5) is 10.1 Å². The van der Waals surface area contributed by atoms with Crippen LogP contribution >= 0.6 is 0 Å². The summed E-state index contributed by atoms with van der Waals surface area (Å²) in [6.07, 6.45) is 5.50. The first-order valence-corrected chi connectivity index (χ1v) is 8.66. The van der Waals surface area contributed by atoms with Gasteiger partial charge < -0.3 is 0 Å². The molecule has 1 aromatic carbocycles. The molecule has 9 heteroatoms. The SMILES string of the molecule is CS(=O)(=O)N(CC(=O)N/N=C\c1cccnc1)c1ccc(F)cc1. The molecule has 24 heavy (non-hydrogen) atoms. The van der Waals surface area contributed by atoms with Gasteiger partial charge in [0.1, 0.15) is 12.4 Å². The molecule has 0 bridgehead atoms. The normalized spacial score (nSPS) is 11.4. The van der Waals surface area contributed by atoms with Gasteiger partial charge in [0.2, 0.25) is 10.0 Å².